The average molecular weight is 160 g/mol. The molecule has 0 saturated carbocycles. The molecule has 1 aliphatic heterocycles. The van der Waals surface area contributed by atoms with E-state index in [9.17, 15) is 0 Å². The third-order valence-electron chi connectivity index (χ3n) is 2.25. The van der Waals surface area contributed by atoms with Crippen molar-refractivity contribution in [2.24, 2.45) is 5.92 Å². The number of rotatable bonds is 3. The van der Waals surface area contributed by atoms with E-state index < -0.39 is 0 Å². The molecule has 0 aliphatic carbocycles. The third kappa shape index (κ3) is 2.15. The van der Waals surface area contributed by atoms with E-state index >= 15 is 0 Å². The molecule has 0 aromatic rings. The molecule has 1 fully saturated rings. The fraction of sp³-hybridized carbons (Fsp3) is 1.00. The normalized spacial score (nSPS) is 37.9. The monoisotopic (exact) mass is 160 g/mol. The van der Waals surface area contributed by atoms with Gasteiger partial charge in [0.15, 0.2) is 0 Å². The van der Waals surface area contributed by atoms with Crippen molar-refractivity contribution in [3.63, 3.8) is 0 Å². The number of aliphatic hydroxyl groups is 2. The van der Waals surface area contributed by atoms with E-state index in [1.165, 1.54) is 0 Å². The fourth-order valence-corrected chi connectivity index (χ4v) is 1.60. The Morgan fingerprint density at radius 3 is 2.64 bits per heavy atom. The minimum Gasteiger partial charge on any atom is -0.396 e. The molecule has 0 unspecified atom stereocenters. The summed E-state index contributed by atoms with van der Waals surface area (Å²) in [7, 11) is 0. The van der Waals surface area contributed by atoms with E-state index in [4.69, 9.17) is 14.9 Å². The summed E-state index contributed by atoms with van der Waals surface area (Å²) >= 11 is 0. The zero-order valence-electron chi connectivity index (χ0n) is 6.86. The lowest BCUT2D eigenvalue weighted by Gasteiger charge is -2.12. The molecule has 0 bridgehead atoms. The highest BCUT2D eigenvalue weighted by atomic mass is 16.5. The van der Waals surface area contributed by atoms with Gasteiger partial charge in [-0.05, 0) is 18.8 Å². The van der Waals surface area contributed by atoms with Crippen molar-refractivity contribution >= 4 is 0 Å². The Kier molecular flexibility index (Phi) is 3.30. The second-order valence-electron chi connectivity index (χ2n) is 3.20. The molecule has 1 heterocycles. The standard InChI is InChI=1S/C8H16O3/c1-6-4-7(5-10)11-8(6)2-3-9/h6-10H,2-5H2,1H3/t6-,7-,8+/m1/s1. The van der Waals surface area contributed by atoms with Crippen molar-refractivity contribution in [2.75, 3.05) is 13.2 Å². The first-order valence-corrected chi connectivity index (χ1v) is 4.15. The van der Waals surface area contributed by atoms with Crippen LogP contribution in [-0.2, 0) is 4.74 Å². The molecular formula is C8H16O3. The van der Waals surface area contributed by atoms with Gasteiger partial charge in [-0.1, -0.05) is 6.92 Å². The summed E-state index contributed by atoms with van der Waals surface area (Å²) in [6.07, 6.45) is 1.76. The summed E-state index contributed by atoms with van der Waals surface area (Å²) in [4.78, 5) is 0. The first kappa shape index (κ1) is 8.97. The molecule has 0 aromatic heterocycles. The number of hydrogen-bond acceptors (Lipinski definition) is 3. The largest absolute Gasteiger partial charge is 0.396 e. The van der Waals surface area contributed by atoms with E-state index in [-0.39, 0.29) is 25.4 Å². The predicted molar refractivity (Wildman–Crippen MR) is 41.2 cm³/mol. The van der Waals surface area contributed by atoms with Gasteiger partial charge in [0.25, 0.3) is 0 Å². The van der Waals surface area contributed by atoms with Gasteiger partial charge in [0.05, 0.1) is 18.8 Å². The smallest absolute Gasteiger partial charge is 0.0813 e. The van der Waals surface area contributed by atoms with Crippen LogP contribution in [0.5, 0.6) is 0 Å². The summed E-state index contributed by atoms with van der Waals surface area (Å²) in [5.74, 6) is 0.472. The highest BCUT2D eigenvalue weighted by Gasteiger charge is 2.30. The molecule has 3 atom stereocenters. The zero-order valence-corrected chi connectivity index (χ0v) is 6.86. The van der Waals surface area contributed by atoms with E-state index in [2.05, 4.69) is 6.92 Å². The van der Waals surface area contributed by atoms with Gasteiger partial charge < -0.3 is 14.9 Å². The van der Waals surface area contributed by atoms with Crippen LogP contribution in [0.15, 0.2) is 0 Å². The first-order chi connectivity index (χ1) is 5.27. The molecule has 1 saturated heterocycles. The predicted octanol–water partition coefficient (Wildman–Crippen LogP) is 0.155. The van der Waals surface area contributed by atoms with E-state index in [1.807, 2.05) is 0 Å². The Balaban J connectivity index is 2.32. The van der Waals surface area contributed by atoms with Gasteiger partial charge in [-0.2, -0.15) is 0 Å². The third-order valence-corrected chi connectivity index (χ3v) is 2.25. The average Bonchev–Trinajstić information content (AvgIpc) is 2.33. The Hall–Kier alpha value is -0.120. The van der Waals surface area contributed by atoms with Crippen LogP contribution in [0.1, 0.15) is 19.8 Å². The number of ether oxygens (including phenoxy) is 1. The maximum atomic E-state index is 8.78. The summed E-state index contributed by atoms with van der Waals surface area (Å²) < 4.78 is 5.45. The van der Waals surface area contributed by atoms with Crippen molar-refractivity contribution in [3.05, 3.63) is 0 Å². The molecule has 0 spiro atoms. The minimum atomic E-state index is 0.00144. The summed E-state index contributed by atoms with van der Waals surface area (Å²) in [5.41, 5.74) is 0. The van der Waals surface area contributed by atoms with Crippen molar-refractivity contribution in [1.29, 1.82) is 0 Å². The lowest BCUT2D eigenvalue weighted by atomic mass is 10.00. The van der Waals surface area contributed by atoms with E-state index in [0.717, 1.165) is 6.42 Å². The quantitative estimate of drug-likeness (QED) is 0.618. The zero-order chi connectivity index (χ0) is 8.27. The maximum absolute atomic E-state index is 8.78. The number of hydrogen-bond donors (Lipinski definition) is 2. The van der Waals surface area contributed by atoms with Crippen LogP contribution in [0.25, 0.3) is 0 Å². The van der Waals surface area contributed by atoms with Crippen LogP contribution >= 0.6 is 0 Å². The highest BCUT2D eigenvalue weighted by Crippen LogP contribution is 2.27. The van der Waals surface area contributed by atoms with Crippen LogP contribution < -0.4 is 0 Å². The first-order valence-electron chi connectivity index (χ1n) is 4.15. The lowest BCUT2D eigenvalue weighted by molar-refractivity contribution is -0.00390. The van der Waals surface area contributed by atoms with Gasteiger partial charge in [-0.25, -0.2) is 0 Å². The molecule has 2 N–H and O–H groups in total. The minimum absolute atomic E-state index is 0.00144. The van der Waals surface area contributed by atoms with Gasteiger partial charge in [0.2, 0.25) is 0 Å². The van der Waals surface area contributed by atoms with Gasteiger partial charge >= 0.3 is 0 Å². The Labute approximate surface area is 67.0 Å². The van der Waals surface area contributed by atoms with Crippen LogP contribution in [0.4, 0.5) is 0 Å². The van der Waals surface area contributed by atoms with Gasteiger partial charge in [-0.3, -0.25) is 0 Å². The SMILES string of the molecule is C[C@@H]1C[C@H](CO)O[C@H]1CCO. The molecule has 0 amide bonds. The van der Waals surface area contributed by atoms with Crippen LogP contribution in [0, 0.1) is 5.92 Å². The molecule has 3 heteroatoms. The van der Waals surface area contributed by atoms with E-state index in [1.54, 1.807) is 0 Å². The maximum Gasteiger partial charge on any atom is 0.0813 e. The van der Waals surface area contributed by atoms with Crippen LogP contribution in [0.3, 0.4) is 0 Å². The molecule has 1 aliphatic rings. The fourth-order valence-electron chi connectivity index (χ4n) is 1.60. The van der Waals surface area contributed by atoms with E-state index in [0.29, 0.717) is 12.3 Å². The Morgan fingerprint density at radius 1 is 1.45 bits per heavy atom. The number of aliphatic hydroxyl groups excluding tert-OH is 2. The molecule has 11 heavy (non-hydrogen) atoms. The lowest BCUT2D eigenvalue weighted by Crippen LogP contribution is -2.17. The van der Waals surface area contributed by atoms with Gasteiger partial charge in [0, 0.05) is 6.61 Å². The Bertz CT molecular complexity index is 116. The molecule has 0 radical (unpaired) electrons. The molecule has 66 valence electrons. The van der Waals surface area contributed by atoms with Gasteiger partial charge in [0.1, 0.15) is 0 Å². The van der Waals surface area contributed by atoms with Crippen molar-refractivity contribution < 1.29 is 14.9 Å². The summed E-state index contributed by atoms with van der Waals surface area (Å²) in [6.45, 7) is 2.37. The molecule has 3 nitrogen and oxygen atoms in total. The molecule has 1 rings (SSSR count). The second-order valence-corrected chi connectivity index (χ2v) is 3.20. The van der Waals surface area contributed by atoms with Crippen LogP contribution in [0.2, 0.25) is 0 Å². The van der Waals surface area contributed by atoms with Crippen LogP contribution in [-0.4, -0.2) is 35.6 Å². The van der Waals surface area contributed by atoms with Gasteiger partial charge in [-0.15, -0.1) is 0 Å². The van der Waals surface area contributed by atoms with Crippen molar-refractivity contribution in [3.8, 4) is 0 Å². The highest BCUT2D eigenvalue weighted by molar-refractivity contribution is 4.78. The molecular weight excluding hydrogens is 144 g/mol. The summed E-state index contributed by atoms with van der Waals surface area (Å²) in [6, 6.07) is 0. The topological polar surface area (TPSA) is 49.7 Å². The van der Waals surface area contributed by atoms with Crippen molar-refractivity contribution in [2.45, 2.75) is 32.0 Å². The van der Waals surface area contributed by atoms with Crippen molar-refractivity contribution in [1.82, 2.24) is 0 Å². The Morgan fingerprint density at radius 2 is 2.18 bits per heavy atom. The molecule has 0 aromatic carbocycles. The second kappa shape index (κ2) is 4.04. The summed E-state index contributed by atoms with van der Waals surface area (Å²) in [5, 5.41) is 17.4.